The summed E-state index contributed by atoms with van der Waals surface area (Å²) in [5.41, 5.74) is 0. The highest BCUT2D eigenvalue weighted by molar-refractivity contribution is 7.57. The fourth-order valence-corrected chi connectivity index (χ4v) is 3.92. The fraction of sp³-hybridized carbons (Fsp3) is 1.00. The van der Waals surface area contributed by atoms with Crippen LogP contribution in [0.15, 0.2) is 0 Å². The first kappa shape index (κ1) is 27.0. The van der Waals surface area contributed by atoms with E-state index in [0.29, 0.717) is 51.6 Å². The normalized spacial score (nSPS) is 12.0. The summed E-state index contributed by atoms with van der Waals surface area (Å²) in [5, 5.41) is 0. The summed E-state index contributed by atoms with van der Waals surface area (Å²) in [7, 11) is -3.04. The summed E-state index contributed by atoms with van der Waals surface area (Å²) in [4.78, 5) is 9.97. The second-order valence-corrected chi connectivity index (χ2v) is 9.45. The molecule has 0 aliphatic rings. The lowest BCUT2D eigenvalue weighted by atomic mass is 10.3. The van der Waals surface area contributed by atoms with E-state index in [1.54, 1.807) is 0 Å². The van der Waals surface area contributed by atoms with Crippen molar-refractivity contribution >= 4 is 7.37 Å². The minimum absolute atomic E-state index is 0.335. The molecule has 0 fully saturated rings. The molecular formula is C20H43O6P. The van der Waals surface area contributed by atoms with Gasteiger partial charge in [0.1, 0.15) is 0 Å². The highest BCUT2D eigenvalue weighted by Crippen LogP contribution is 2.41. The van der Waals surface area contributed by atoms with Gasteiger partial charge in [0.2, 0.25) is 7.37 Å². The van der Waals surface area contributed by atoms with Crippen molar-refractivity contribution in [1.29, 1.82) is 0 Å². The number of hydrogen-bond acceptors (Lipinski definition) is 5. The summed E-state index contributed by atoms with van der Waals surface area (Å²) in [6.45, 7) is 9.93. The second kappa shape index (κ2) is 20.8. The van der Waals surface area contributed by atoms with Crippen LogP contribution in [-0.4, -0.2) is 70.1 Å². The molecule has 0 saturated heterocycles. The Balaban J connectivity index is 3.32. The van der Waals surface area contributed by atoms with Crippen molar-refractivity contribution in [3.63, 3.8) is 0 Å². The maximum absolute atomic E-state index is 12.1. The van der Waals surface area contributed by atoms with Crippen LogP contribution in [0.4, 0.5) is 0 Å². The highest BCUT2D eigenvalue weighted by Gasteiger charge is 2.16. The molecule has 0 aromatic heterocycles. The molecule has 0 aromatic rings. The summed E-state index contributed by atoms with van der Waals surface area (Å²) in [6, 6.07) is 0. The molecule has 0 atom stereocenters. The molecule has 0 aliphatic carbocycles. The van der Waals surface area contributed by atoms with Gasteiger partial charge in [0, 0.05) is 65.2 Å². The lowest BCUT2D eigenvalue weighted by Crippen LogP contribution is -2.05. The van der Waals surface area contributed by atoms with Crippen LogP contribution < -0.4 is 0 Å². The Kier molecular flexibility index (Phi) is 20.8. The van der Waals surface area contributed by atoms with E-state index in [1.807, 2.05) is 0 Å². The average Bonchev–Trinajstić information content (AvgIpc) is 2.64. The zero-order valence-electron chi connectivity index (χ0n) is 17.7. The van der Waals surface area contributed by atoms with Crippen molar-refractivity contribution in [2.45, 2.75) is 65.2 Å². The third kappa shape index (κ3) is 22.2. The summed E-state index contributed by atoms with van der Waals surface area (Å²) < 4.78 is 33.9. The van der Waals surface area contributed by atoms with Crippen LogP contribution in [0.25, 0.3) is 0 Å². The van der Waals surface area contributed by atoms with E-state index < -0.39 is 7.37 Å². The van der Waals surface area contributed by atoms with E-state index in [0.717, 1.165) is 65.0 Å². The maximum Gasteiger partial charge on any atom is 0.200 e. The first-order valence-electron chi connectivity index (χ1n) is 10.7. The molecule has 0 bridgehead atoms. The zero-order chi connectivity index (χ0) is 20.1. The fourth-order valence-electron chi connectivity index (χ4n) is 2.45. The van der Waals surface area contributed by atoms with E-state index in [9.17, 15) is 9.46 Å². The Morgan fingerprint density at radius 2 is 0.852 bits per heavy atom. The molecule has 0 radical (unpaired) electrons. The van der Waals surface area contributed by atoms with Gasteiger partial charge in [-0.2, -0.15) is 0 Å². The topological polar surface area (TPSA) is 74.2 Å². The maximum atomic E-state index is 12.1. The summed E-state index contributed by atoms with van der Waals surface area (Å²) >= 11 is 0. The molecule has 0 heterocycles. The summed E-state index contributed by atoms with van der Waals surface area (Å²) in [6.07, 6.45) is 8.01. The molecule has 1 N–H and O–H groups in total. The van der Waals surface area contributed by atoms with Gasteiger partial charge in [-0.25, -0.2) is 0 Å². The lowest BCUT2D eigenvalue weighted by Gasteiger charge is -2.12. The first-order chi connectivity index (χ1) is 13.1. The number of unbranched alkanes of at least 4 members (excludes halogenated alkanes) is 2. The van der Waals surface area contributed by atoms with Gasteiger partial charge in [0.25, 0.3) is 0 Å². The van der Waals surface area contributed by atoms with Crippen LogP contribution in [0.3, 0.4) is 0 Å². The molecule has 0 amide bonds. The second-order valence-electron chi connectivity index (χ2n) is 6.86. The van der Waals surface area contributed by atoms with E-state index in [-0.39, 0.29) is 0 Å². The smallest absolute Gasteiger partial charge is 0.200 e. The Morgan fingerprint density at radius 3 is 1.19 bits per heavy atom. The standard InChI is InChI=1S/C20H43O6P/c1-3-11-23-13-5-7-15-25-17-9-19-27(21,22)20-10-18-26-16-8-6-14-24-12-4-2/h3-20H2,1-2H3,(H,21,22). The van der Waals surface area contributed by atoms with Crippen LogP contribution in [0, 0.1) is 0 Å². The number of rotatable bonds is 22. The predicted molar refractivity (Wildman–Crippen MR) is 111 cm³/mol. The molecule has 0 unspecified atom stereocenters. The zero-order valence-corrected chi connectivity index (χ0v) is 18.6. The molecular weight excluding hydrogens is 367 g/mol. The van der Waals surface area contributed by atoms with E-state index in [4.69, 9.17) is 18.9 Å². The average molecular weight is 411 g/mol. The van der Waals surface area contributed by atoms with Crippen LogP contribution in [0.1, 0.15) is 65.2 Å². The molecule has 0 rings (SSSR count). The van der Waals surface area contributed by atoms with Gasteiger partial charge in [-0.05, 0) is 51.4 Å². The SMILES string of the molecule is CCCOCCCCOCCCP(=O)(O)CCCOCCCCOCCC. The van der Waals surface area contributed by atoms with Gasteiger partial charge in [-0.1, -0.05) is 13.8 Å². The summed E-state index contributed by atoms with van der Waals surface area (Å²) in [5.74, 6) is 0. The molecule has 0 aliphatic heterocycles. The van der Waals surface area contributed by atoms with Crippen molar-refractivity contribution in [2.75, 3.05) is 65.2 Å². The van der Waals surface area contributed by atoms with Crippen molar-refractivity contribution < 1.29 is 28.4 Å². The molecule has 164 valence electrons. The Morgan fingerprint density at radius 1 is 0.556 bits per heavy atom. The number of hydrogen-bond donors (Lipinski definition) is 1. The quantitative estimate of drug-likeness (QED) is 0.209. The minimum Gasteiger partial charge on any atom is -0.381 e. The van der Waals surface area contributed by atoms with Gasteiger partial charge in [-0.3, -0.25) is 4.57 Å². The number of ether oxygens (including phenoxy) is 4. The third-order valence-corrected chi connectivity index (χ3v) is 5.97. The van der Waals surface area contributed by atoms with Gasteiger partial charge >= 0.3 is 0 Å². The Labute approximate surface area is 166 Å². The molecule has 27 heavy (non-hydrogen) atoms. The third-order valence-electron chi connectivity index (χ3n) is 3.94. The van der Waals surface area contributed by atoms with Crippen LogP contribution >= 0.6 is 7.37 Å². The Bertz CT molecular complexity index is 312. The largest absolute Gasteiger partial charge is 0.381 e. The highest BCUT2D eigenvalue weighted by atomic mass is 31.2. The van der Waals surface area contributed by atoms with E-state index in [1.165, 1.54) is 0 Å². The van der Waals surface area contributed by atoms with Crippen molar-refractivity contribution in [1.82, 2.24) is 0 Å². The molecule has 6 nitrogen and oxygen atoms in total. The first-order valence-corrected chi connectivity index (χ1v) is 12.8. The molecule has 0 spiro atoms. The van der Waals surface area contributed by atoms with Gasteiger partial charge in [-0.15, -0.1) is 0 Å². The van der Waals surface area contributed by atoms with Crippen LogP contribution in [0.2, 0.25) is 0 Å². The molecule has 0 aromatic carbocycles. The monoisotopic (exact) mass is 410 g/mol. The van der Waals surface area contributed by atoms with Crippen molar-refractivity contribution in [3.05, 3.63) is 0 Å². The minimum atomic E-state index is -3.04. The molecule has 0 saturated carbocycles. The van der Waals surface area contributed by atoms with Gasteiger partial charge in [0.05, 0.1) is 0 Å². The van der Waals surface area contributed by atoms with Crippen LogP contribution in [0.5, 0.6) is 0 Å². The Hall–Kier alpha value is 0.0300. The van der Waals surface area contributed by atoms with Crippen LogP contribution in [-0.2, 0) is 23.5 Å². The molecule has 7 heteroatoms. The van der Waals surface area contributed by atoms with E-state index in [2.05, 4.69) is 13.8 Å². The predicted octanol–water partition coefficient (Wildman–Crippen LogP) is 4.48. The van der Waals surface area contributed by atoms with Crippen molar-refractivity contribution in [2.24, 2.45) is 0 Å². The van der Waals surface area contributed by atoms with Crippen molar-refractivity contribution in [3.8, 4) is 0 Å². The van der Waals surface area contributed by atoms with E-state index >= 15 is 0 Å². The lowest BCUT2D eigenvalue weighted by molar-refractivity contribution is 0.103. The van der Waals surface area contributed by atoms with Gasteiger partial charge < -0.3 is 23.8 Å². The van der Waals surface area contributed by atoms with Gasteiger partial charge in [0.15, 0.2) is 0 Å².